The first kappa shape index (κ1) is 13.1. The van der Waals surface area contributed by atoms with Crippen molar-refractivity contribution in [1.29, 1.82) is 0 Å². The van der Waals surface area contributed by atoms with Crippen LogP contribution in [0.4, 0.5) is 5.82 Å². The average molecular weight is 246 g/mol. The number of hydrazine groups is 1. The lowest BCUT2D eigenvalue weighted by Crippen LogP contribution is -2.37. The molecule has 0 spiro atoms. The van der Waals surface area contributed by atoms with Crippen molar-refractivity contribution in [3.8, 4) is 0 Å². The molecule has 18 heavy (non-hydrogen) atoms. The molecule has 0 saturated carbocycles. The van der Waals surface area contributed by atoms with Gasteiger partial charge in [-0.05, 0) is 56.2 Å². The third-order valence-corrected chi connectivity index (χ3v) is 3.46. The van der Waals surface area contributed by atoms with Crippen molar-refractivity contribution >= 4 is 5.82 Å². The molecule has 2 rings (SSSR count). The van der Waals surface area contributed by atoms with Gasteiger partial charge in [0.05, 0.1) is 0 Å². The van der Waals surface area contributed by atoms with Crippen LogP contribution in [0.3, 0.4) is 0 Å². The second-order valence-corrected chi connectivity index (χ2v) is 4.97. The number of hydrogen-bond donors (Lipinski definition) is 3. The van der Waals surface area contributed by atoms with Gasteiger partial charge >= 0.3 is 0 Å². The van der Waals surface area contributed by atoms with Crippen molar-refractivity contribution in [3.63, 3.8) is 0 Å². The van der Waals surface area contributed by atoms with E-state index >= 15 is 0 Å². The molecule has 0 aliphatic heterocycles. The molecule has 1 unspecified atom stereocenters. The fraction of sp³-hybridized carbons (Fsp3) is 0.500. The van der Waals surface area contributed by atoms with Gasteiger partial charge in [0.15, 0.2) is 0 Å². The lowest BCUT2D eigenvalue weighted by atomic mass is 9.92. The summed E-state index contributed by atoms with van der Waals surface area (Å²) < 4.78 is 0. The van der Waals surface area contributed by atoms with E-state index in [1.54, 1.807) is 6.20 Å². The molecule has 0 fully saturated rings. The number of aromatic nitrogens is 1. The fourth-order valence-corrected chi connectivity index (χ4v) is 2.50. The maximum absolute atomic E-state index is 5.69. The molecule has 1 heterocycles. The standard InChI is InChI=1S/C14H22N4/c15-14-10-12(6-7-17-14)9-13(18-16)8-11-4-2-1-3-5-11/h4,6-7,10,13,18H,1-3,5,8-9,16H2,(H2,15,17). The van der Waals surface area contributed by atoms with E-state index in [0.717, 1.165) is 12.8 Å². The van der Waals surface area contributed by atoms with Crippen LogP contribution in [0.1, 0.15) is 37.7 Å². The highest BCUT2D eigenvalue weighted by atomic mass is 15.2. The van der Waals surface area contributed by atoms with Gasteiger partial charge in [-0.3, -0.25) is 11.3 Å². The van der Waals surface area contributed by atoms with Crippen LogP contribution in [0.25, 0.3) is 0 Å². The Labute approximate surface area is 108 Å². The quantitative estimate of drug-likeness (QED) is 0.421. The van der Waals surface area contributed by atoms with E-state index in [-0.39, 0.29) is 6.04 Å². The van der Waals surface area contributed by atoms with Crippen LogP contribution in [0, 0.1) is 0 Å². The first-order valence-electron chi connectivity index (χ1n) is 6.62. The molecular weight excluding hydrogens is 224 g/mol. The maximum atomic E-state index is 5.69. The minimum Gasteiger partial charge on any atom is -0.384 e. The van der Waals surface area contributed by atoms with E-state index in [0.29, 0.717) is 5.82 Å². The van der Waals surface area contributed by atoms with Gasteiger partial charge < -0.3 is 5.73 Å². The Morgan fingerprint density at radius 3 is 2.89 bits per heavy atom. The summed E-state index contributed by atoms with van der Waals surface area (Å²) in [6, 6.07) is 4.19. The monoisotopic (exact) mass is 246 g/mol. The molecule has 0 radical (unpaired) electrons. The van der Waals surface area contributed by atoms with Crippen molar-refractivity contribution in [2.24, 2.45) is 5.84 Å². The molecule has 0 bridgehead atoms. The van der Waals surface area contributed by atoms with Crippen LogP contribution in [-0.2, 0) is 6.42 Å². The summed E-state index contributed by atoms with van der Waals surface area (Å²) in [5.74, 6) is 6.22. The van der Waals surface area contributed by atoms with E-state index in [1.165, 1.54) is 36.8 Å². The summed E-state index contributed by atoms with van der Waals surface area (Å²) >= 11 is 0. The summed E-state index contributed by atoms with van der Waals surface area (Å²) in [5.41, 5.74) is 11.3. The van der Waals surface area contributed by atoms with E-state index in [1.807, 2.05) is 12.1 Å². The molecule has 0 amide bonds. The van der Waals surface area contributed by atoms with Crippen molar-refractivity contribution in [3.05, 3.63) is 35.5 Å². The van der Waals surface area contributed by atoms with Crippen LogP contribution < -0.4 is 17.0 Å². The highest BCUT2D eigenvalue weighted by Gasteiger charge is 2.12. The van der Waals surface area contributed by atoms with Crippen molar-refractivity contribution < 1.29 is 0 Å². The van der Waals surface area contributed by atoms with Crippen molar-refractivity contribution in [2.75, 3.05) is 5.73 Å². The summed E-state index contributed by atoms with van der Waals surface area (Å²) in [4.78, 5) is 4.00. The van der Waals surface area contributed by atoms with Gasteiger partial charge in [-0.2, -0.15) is 0 Å². The SMILES string of the molecule is NNC(CC1=CCCCC1)Cc1ccnc(N)c1. The number of hydrogen-bond acceptors (Lipinski definition) is 4. The number of pyridine rings is 1. The molecule has 0 aromatic carbocycles. The summed E-state index contributed by atoms with van der Waals surface area (Å²) in [6.07, 6.45) is 11.1. The zero-order chi connectivity index (χ0) is 12.8. The molecular formula is C14H22N4. The van der Waals surface area contributed by atoms with Gasteiger partial charge in [-0.1, -0.05) is 11.6 Å². The molecule has 1 aromatic rings. The van der Waals surface area contributed by atoms with Crippen LogP contribution >= 0.6 is 0 Å². The Kier molecular flexibility index (Phi) is 4.73. The highest BCUT2D eigenvalue weighted by Crippen LogP contribution is 2.22. The minimum absolute atomic E-state index is 0.274. The first-order valence-corrected chi connectivity index (χ1v) is 6.62. The van der Waals surface area contributed by atoms with Gasteiger partial charge in [0.1, 0.15) is 5.82 Å². The van der Waals surface area contributed by atoms with Crippen molar-refractivity contribution in [2.45, 2.75) is 44.6 Å². The first-order chi connectivity index (χ1) is 8.78. The van der Waals surface area contributed by atoms with Gasteiger partial charge in [0, 0.05) is 12.2 Å². The molecule has 0 saturated heterocycles. The third kappa shape index (κ3) is 3.82. The van der Waals surface area contributed by atoms with Gasteiger partial charge in [0.25, 0.3) is 0 Å². The smallest absolute Gasteiger partial charge is 0.123 e. The molecule has 98 valence electrons. The topological polar surface area (TPSA) is 77.0 Å². The summed E-state index contributed by atoms with van der Waals surface area (Å²) in [7, 11) is 0. The molecule has 1 aliphatic carbocycles. The Morgan fingerprint density at radius 2 is 2.22 bits per heavy atom. The van der Waals surface area contributed by atoms with Crippen LogP contribution in [0.15, 0.2) is 30.0 Å². The zero-order valence-corrected chi connectivity index (χ0v) is 10.7. The van der Waals surface area contributed by atoms with Crippen LogP contribution in [-0.4, -0.2) is 11.0 Å². The number of nitrogens with two attached hydrogens (primary N) is 2. The zero-order valence-electron chi connectivity index (χ0n) is 10.7. The second kappa shape index (κ2) is 6.52. The molecule has 1 aliphatic rings. The Balaban J connectivity index is 1.94. The predicted molar refractivity (Wildman–Crippen MR) is 74.6 cm³/mol. The van der Waals surface area contributed by atoms with E-state index in [9.17, 15) is 0 Å². The summed E-state index contributed by atoms with van der Waals surface area (Å²) in [5, 5.41) is 0. The Bertz CT molecular complexity index is 414. The highest BCUT2D eigenvalue weighted by molar-refractivity contribution is 5.32. The second-order valence-electron chi connectivity index (χ2n) is 4.97. The maximum Gasteiger partial charge on any atom is 0.123 e. The van der Waals surface area contributed by atoms with Crippen LogP contribution in [0.2, 0.25) is 0 Å². The lowest BCUT2D eigenvalue weighted by molar-refractivity contribution is 0.504. The molecule has 1 aromatic heterocycles. The minimum atomic E-state index is 0.274. The predicted octanol–water partition coefficient (Wildman–Crippen LogP) is 1.93. The van der Waals surface area contributed by atoms with E-state index < -0.39 is 0 Å². The number of rotatable bonds is 5. The van der Waals surface area contributed by atoms with E-state index in [2.05, 4.69) is 16.5 Å². The van der Waals surface area contributed by atoms with Gasteiger partial charge in [-0.25, -0.2) is 4.98 Å². The average Bonchev–Trinajstić information content (AvgIpc) is 2.39. The molecule has 5 N–H and O–H groups in total. The number of allylic oxidation sites excluding steroid dienone is 1. The largest absolute Gasteiger partial charge is 0.384 e. The van der Waals surface area contributed by atoms with Gasteiger partial charge in [-0.15, -0.1) is 0 Å². The third-order valence-electron chi connectivity index (χ3n) is 3.46. The summed E-state index contributed by atoms with van der Waals surface area (Å²) in [6.45, 7) is 0. The number of nitrogens with one attached hydrogen (secondary N) is 1. The Hall–Kier alpha value is -1.39. The number of nitrogen functional groups attached to an aromatic ring is 1. The van der Waals surface area contributed by atoms with Crippen LogP contribution in [0.5, 0.6) is 0 Å². The van der Waals surface area contributed by atoms with Gasteiger partial charge in [0.2, 0.25) is 0 Å². The number of anilines is 1. The molecule has 4 nitrogen and oxygen atoms in total. The van der Waals surface area contributed by atoms with E-state index in [4.69, 9.17) is 11.6 Å². The van der Waals surface area contributed by atoms with Crippen molar-refractivity contribution in [1.82, 2.24) is 10.4 Å². The lowest BCUT2D eigenvalue weighted by Gasteiger charge is -2.20. The fourth-order valence-electron chi connectivity index (χ4n) is 2.50. The normalized spacial score (nSPS) is 17.3. The Morgan fingerprint density at radius 1 is 1.33 bits per heavy atom. The molecule has 1 atom stereocenters. The molecule has 4 heteroatoms. The number of nitrogens with zero attached hydrogens (tertiary/aromatic N) is 1.